The van der Waals surface area contributed by atoms with Crippen LogP contribution in [0, 0.1) is 12.8 Å². The van der Waals surface area contributed by atoms with Gasteiger partial charge in [0.2, 0.25) is 5.89 Å². The number of carbonyl (C=O) groups excluding carboxylic acids is 1. The largest absolute Gasteiger partial charge is 0.469 e. The molecule has 1 aliphatic carbocycles. The predicted molar refractivity (Wildman–Crippen MR) is 41.9 cm³/mol. The maximum atomic E-state index is 11.1. The van der Waals surface area contributed by atoms with E-state index < -0.39 is 0 Å². The molecule has 5 heteroatoms. The zero-order chi connectivity index (χ0) is 9.42. The standard InChI is InChI=1S/C8H10N2O3/c1-4-9-7(13-10-4)5-3-6(5)8(11)12-2/h5-6H,3H2,1-2H3/t5-,6-/m1/s1. The van der Waals surface area contributed by atoms with Gasteiger partial charge in [-0.2, -0.15) is 4.98 Å². The Bertz CT molecular complexity index is 334. The molecule has 2 atom stereocenters. The van der Waals surface area contributed by atoms with E-state index in [4.69, 9.17) is 4.52 Å². The molecule has 0 aliphatic heterocycles. The molecule has 2 rings (SSSR count). The van der Waals surface area contributed by atoms with Gasteiger partial charge in [-0.05, 0) is 13.3 Å². The number of rotatable bonds is 2. The van der Waals surface area contributed by atoms with E-state index in [0.717, 1.165) is 6.42 Å². The highest BCUT2D eigenvalue weighted by Gasteiger charge is 2.48. The Balaban J connectivity index is 2.04. The van der Waals surface area contributed by atoms with Gasteiger partial charge in [0.25, 0.3) is 0 Å². The van der Waals surface area contributed by atoms with Crippen LogP contribution in [0.4, 0.5) is 0 Å². The molecule has 13 heavy (non-hydrogen) atoms. The number of aryl methyl sites for hydroxylation is 1. The Kier molecular flexibility index (Phi) is 1.79. The van der Waals surface area contributed by atoms with Crippen molar-refractivity contribution in [2.24, 2.45) is 5.92 Å². The van der Waals surface area contributed by atoms with Gasteiger partial charge in [0.15, 0.2) is 5.82 Å². The Hall–Kier alpha value is -1.39. The van der Waals surface area contributed by atoms with E-state index in [1.165, 1.54) is 7.11 Å². The molecule has 1 aromatic rings. The third-order valence-electron chi connectivity index (χ3n) is 2.15. The van der Waals surface area contributed by atoms with Crippen LogP contribution >= 0.6 is 0 Å². The van der Waals surface area contributed by atoms with Crippen molar-refractivity contribution < 1.29 is 14.1 Å². The first-order chi connectivity index (χ1) is 6.22. The van der Waals surface area contributed by atoms with Gasteiger partial charge in [-0.1, -0.05) is 5.16 Å². The fourth-order valence-corrected chi connectivity index (χ4v) is 1.34. The number of esters is 1. The molecule has 1 aliphatic rings. The van der Waals surface area contributed by atoms with Crippen LogP contribution in [0.15, 0.2) is 4.52 Å². The second kappa shape index (κ2) is 2.83. The predicted octanol–water partition coefficient (Wildman–Crippen LogP) is 0.655. The number of hydrogen-bond donors (Lipinski definition) is 0. The van der Waals surface area contributed by atoms with E-state index in [1.807, 2.05) is 0 Å². The summed E-state index contributed by atoms with van der Waals surface area (Å²) in [6.45, 7) is 1.75. The Morgan fingerprint density at radius 3 is 3.00 bits per heavy atom. The molecule has 0 unspecified atom stereocenters. The van der Waals surface area contributed by atoms with Gasteiger partial charge in [0, 0.05) is 0 Å². The monoisotopic (exact) mass is 182 g/mol. The molecular weight excluding hydrogens is 172 g/mol. The summed E-state index contributed by atoms with van der Waals surface area (Å²) in [6.07, 6.45) is 0.758. The molecular formula is C8H10N2O3. The fraction of sp³-hybridized carbons (Fsp3) is 0.625. The third-order valence-corrected chi connectivity index (χ3v) is 2.15. The molecule has 0 saturated heterocycles. The van der Waals surface area contributed by atoms with Crippen molar-refractivity contribution >= 4 is 5.97 Å². The Morgan fingerprint density at radius 2 is 2.46 bits per heavy atom. The minimum atomic E-state index is -0.194. The van der Waals surface area contributed by atoms with Crippen molar-refractivity contribution in [3.05, 3.63) is 11.7 Å². The molecule has 0 spiro atoms. The lowest BCUT2D eigenvalue weighted by Crippen LogP contribution is -2.03. The van der Waals surface area contributed by atoms with E-state index in [1.54, 1.807) is 6.92 Å². The number of nitrogens with zero attached hydrogens (tertiary/aromatic N) is 2. The van der Waals surface area contributed by atoms with Gasteiger partial charge in [0.05, 0.1) is 18.9 Å². The van der Waals surface area contributed by atoms with Crippen LogP contribution in [0.2, 0.25) is 0 Å². The molecule has 0 amide bonds. The first-order valence-corrected chi connectivity index (χ1v) is 4.10. The highest BCUT2D eigenvalue weighted by Crippen LogP contribution is 2.47. The summed E-state index contributed by atoms with van der Waals surface area (Å²) in [5.74, 6) is 0.956. The van der Waals surface area contributed by atoms with Crippen molar-refractivity contribution in [3.8, 4) is 0 Å². The van der Waals surface area contributed by atoms with E-state index in [2.05, 4.69) is 14.9 Å². The van der Waals surface area contributed by atoms with Crippen LogP contribution in [-0.2, 0) is 9.53 Å². The average Bonchev–Trinajstić information content (AvgIpc) is 2.82. The molecule has 1 heterocycles. The second-order valence-corrected chi connectivity index (χ2v) is 3.15. The van der Waals surface area contributed by atoms with Crippen molar-refractivity contribution in [1.82, 2.24) is 10.1 Å². The molecule has 1 aromatic heterocycles. The van der Waals surface area contributed by atoms with Crippen LogP contribution in [0.5, 0.6) is 0 Å². The van der Waals surface area contributed by atoms with E-state index >= 15 is 0 Å². The van der Waals surface area contributed by atoms with Crippen molar-refractivity contribution in [2.45, 2.75) is 19.3 Å². The lowest BCUT2D eigenvalue weighted by Gasteiger charge is -1.93. The summed E-state index contributed by atoms with van der Waals surface area (Å²) < 4.78 is 9.55. The molecule has 1 saturated carbocycles. The van der Waals surface area contributed by atoms with Gasteiger partial charge in [-0.25, -0.2) is 0 Å². The number of aromatic nitrogens is 2. The summed E-state index contributed by atoms with van der Waals surface area (Å²) in [6, 6.07) is 0. The molecule has 1 fully saturated rings. The molecule has 0 aromatic carbocycles. The topological polar surface area (TPSA) is 65.2 Å². The number of carbonyl (C=O) groups is 1. The van der Waals surface area contributed by atoms with Gasteiger partial charge >= 0.3 is 5.97 Å². The van der Waals surface area contributed by atoms with Crippen LogP contribution in [0.1, 0.15) is 24.1 Å². The summed E-state index contributed by atoms with van der Waals surface area (Å²) in [7, 11) is 1.39. The van der Waals surface area contributed by atoms with Crippen LogP contribution in [-0.4, -0.2) is 23.2 Å². The van der Waals surface area contributed by atoms with Gasteiger partial charge in [-0.3, -0.25) is 4.79 Å². The number of methoxy groups -OCH3 is 1. The first kappa shape index (κ1) is 8.22. The van der Waals surface area contributed by atoms with Crippen LogP contribution in [0.25, 0.3) is 0 Å². The molecule has 70 valence electrons. The minimum absolute atomic E-state index is 0.0775. The third kappa shape index (κ3) is 1.41. The quantitative estimate of drug-likeness (QED) is 0.628. The minimum Gasteiger partial charge on any atom is -0.469 e. The molecule has 0 N–H and O–H groups in total. The SMILES string of the molecule is COC(=O)[C@@H]1C[C@H]1c1nc(C)no1. The lowest BCUT2D eigenvalue weighted by atomic mass is 10.3. The molecule has 5 nitrogen and oxygen atoms in total. The summed E-state index contributed by atoms with van der Waals surface area (Å²) in [5.41, 5.74) is 0. The Morgan fingerprint density at radius 1 is 1.69 bits per heavy atom. The van der Waals surface area contributed by atoms with E-state index in [9.17, 15) is 4.79 Å². The zero-order valence-electron chi connectivity index (χ0n) is 7.48. The highest BCUT2D eigenvalue weighted by atomic mass is 16.5. The van der Waals surface area contributed by atoms with Crippen LogP contribution in [0.3, 0.4) is 0 Å². The summed E-state index contributed by atoms with van der Waals surface area (Å²) in [5, 5.41) is 3.66. The van der Waals surface area contributed by atoms with Crippen LogP contribution < -0.4 is 0 Å². The summed E-state index contributed by atoms with van der Waals surface area (Å²) in [4.78, 5) is 15.1. The van der Waals surface area contributed by atoms with Crippen molar-refractivity contribution in [1.29, 1.82) is 0 Å². The number of ether oxygens (including phenoxy) is 1. The highest BCUT2D eigenvalue weighted by molar-refractivity contribution is 5.76. The maximum absolute atomic E-state index is 11.1. The van der Waals surface area contributed by atoms with E-state index in [-0.39, 0.29) is 17.8 Å². The second-order valence-electron chi connectivity index (χ2n) is 3.15. The lowest BCUT2D eigenvalue weighted by molar-refractivity contribution is -0.142. The zero-order valence-corrected chi connectivity index (χ0v) is 7.48. The first-order valence-electron chi connectivity index (χ1n) is 4.10. The fourth-order valence-electron chi connectivity index (χ4n) is 1.34. The Labute approximate surface area is 75.1 Å². The number of hydrogen-bond acceptors (Lipinski definition) is 5. The maximum Gasteiger partial charge on any atom is 0.309 e. The molecule has 0 bridgehead atoms. The van der Waals surface area contributed by atoms with Gasteiger partial charge < -0.3 is 9.26 Å². The van der Waals surface area contributed by atoms with E-state index in [0.29, 0.717) is 11.7 Å². The average molecular weight is 182 g/mol. The summed E-state index contributed by atoms with van der Waals surface area (Å²) >= 11 is 0. The smallest absolute Gasteiger partial charge is 0.309 e. The normalized spacial score (nSPS) is 25.7. The van der Waals surface area contributed by atoms with Gasteiger partial charge in [-0.15, -0.1) is 0 Å². The van der Waals surface area contributed by atoms with Crippen molar-refractivity contribution in [3.63, 3.8) is 0 Å². The van der Waals surface area contributed by atoms with Crippen molar-refractivity contribution in [2.75, 3.05) is 7.11 Å². The molecule has 0 radical (unpaired) electrons. The van der Waals surface area contributed by atoms with Gasteiger partial charge in [0.1, 0.15) is 0 Å².